The number of hydrogen-bond donors (Lipinski definition) is 0. The number of hydrogen-bond acceptors (Lipinski definition) is 4. The van der Waals surface area contributed by atoms with Crippen molar-refractivity contribution in [3.05, 3.63) is 59.2 Å². The zero-order valence-corrected chi connectivity index (χ0v) is 15.7. The summed E-state index contributed by atoms with van der Waals surface area (Å²) in [5, 5.41) is 0. The molecule has 140 valence electrons. The van der Waals surface area contributed by atoms with Crippen LogP contribution >= 0.6 is 0 Å². The summed E-state index contributed by atoms with van der Waals surface area (Å²) in [6.07, 6.45) is 7.90. The lowest BCUT2D eigenvalue weighted by molar-refractivity contribution is -0.266. The van der Waals surface area contributed by atoms with Crippen LogP contribution in [0.4, 0.5) is 0 Å². The van der Waals surface area contributed by atoms with Gasteiger partial charge in [0, 0.05) is 27.5 Å². The van der Waals surface area contributed by atoms with Gasteiger partial charge in [-0.3, -0.25) is 9.59 Å². The molecule has 0 N–H and O–H groups in total. The van der Waals surface area contributed by atoms with Crippen LogP contribution in [-0.2, 0) is 9.47 Å². The summed E-state index contributed by atoms with van der Waals surface area (Å²) < 4.78 is 12.4. The Bertz CT molecular complexity index is 883. The van der Waals surface area contributed by atoms with Gasteiger partial charge in [0.25, 0.3) is 0 Å². The van der Waals surface area contributed by atoms with Crippen molar-refractivity contribution in [2.24, 2.45) is 22.7 Å². The molecule has 2 bridgehead atoms. The van der Waals surface area contributed by atoms with Crippen LogP contribution in [0.25, 0.3) is 0 Å². The second kappa shape index (κ2) is 5.73. The Morgan fingerprint density at radius 2 is 1.74 bits per heavy atom. The molecule has 1 spiro atoms. The number of ether oxygens (including phenoxy) is 2. The quantitative estimate of drug-likeness (QED) is 0.745. The first kappa shape index (κ1) is 17.1. The highest BCUT2D eigenvalue weighted by molar-refractivity contribution is 6.24. The van der Waals surface area contributed by atoms with E-state index in [0.717, 1.165) is 6.42 Å². The third kappa shape index (κ3) is 2.43. The number of fused-ring (bicyclic) bond motifs is 4. The molecule has 4 aliphatic rings. The largest absolute Gasteiger partial charge is 0.351 e. The Labute approximate surface area is 159 Å². The average molecular weight is 364 g/mol. The lowest BCUT2D eigenvalue weighted by atomic mass is 9.73. The number of rotatable bonds is 2. The van der Waals surface area contributed by atoms with Crippen LogP contribution in [0.2, 0.25) is 0 Å². The monoisotopic (exact) mass is 364 g/mol. The lowest BCUT2D eigenvalue weighted by Crippen LogP contribution is -2.50. The van der Waals surface area contributed by atoms with Crippen molar-refractivity contribution in [2.75, 3.05) is 13.2 Å². The molecule has 27 heavy (non-hydrogen) atoms. The Hall–Kier alpha value is -2.04. The van der Waals surface area contributed by atoms with E-state index in [1.54, 1.807) is 24.3 Å². The number of benzene rings is 1. The second-order valence-electron chi connectivity index (χ2n) is 9.03. The van der Waals surface area contributed by atoms with Crippen molar-refractivity contribution < 1.29 is 19.1 Å². The first-order chi connectivity index (χ1) is 12.9. The smallest absolute Gasteiger partial charge is 0.190 e. The van der Waals surface area contributed by atoms with Gasteiger partial charge in [-0.05, 0) is 30.8 Å². The molecule has 1 saturated heterocycles. The fourth-order valence-corrected chi connectivity index (χ4v) is 5.30. The third-order valence-corrected chi connectivity index (χ3v) is 6.91. The summed E-state index contributed by atoms with van der Waals surface area (Å²) in [6, 6.07) is 7.00. The number of carbonyl (C=O) groups excluding carboxylic acids is 2. The molecule has 0 radical (unpaired) electrons. The summed E-state index contributed by atoms with van der Waals surface area (Å²) in [4.78, 5) is 25.6. The maximum atomic E-state index is 13.1. The summed E-state index contributed by atoms with van der Waals surface area (Å²) in [5.74, 6) is 0.961. The minimum atomic E-state index is -0.699. The molecule has 5 rings (SSSR count). The average Bonchev–Trinajstić information content (AvgIpc) is 3.26. The number of Topliss-reactive ketones (excluding diaryl/α,β-unsaturated/α-hetero) is 1. The standard InChI is InChI=1S/C23H24O4/c1-22(2,18-10-19(24)16-5-3-4-6-17(16)20(18)25)21-26-12-23(13-27-21)11-14-7-8-15(23)9-14/h3-8,10,14-15,21H,9,11-13H2,1-2H3. The SMILES string of the molecule is CC(C)(C1=CC(=O)c2ccccc2C1=O)C1OCC2(CO1)CC1C=CC2C1. The fourth-order valence-electron chi connectivity index (χ4n) is 5.30. The molecule has 0 amide bonds. The van der Waals surface area contributed by atoms with Crippen LogP contribution in [0.15, 0.2) is 48.1 Å². The third-order valence-electron chi connectivity index (χ3n) is 6.91. The Balaban J connectivity index is 1.39. The summed E-state index contributed by atoms with van der Waals surface area (Å²) in [6.45, 7) is 5.17. The van der Waals surface area contributed by atoms with Gasteiger partial charge < -0.3 is 9.47 Å². The topological polar surface area (TPSA) is 52.6 Å². The highest BCUT2D eigenvalue weighted by Gasteiger charge is 2.53. The number of allylic oxidation sites excluding steroid dienone is 3. The van der Waals surface area contributed by atoms with Gasteiger partial charge in [0.15, 0.2) is 17.9 Å². The van der Waals surface area contributed by atoms with Crippen LogP contribution in [0.5, 0.6) is 0 Å². The molecule has 1 heterocycles. The molecule has 2 fully saturated rings. The molecule has 3 aliphatic carbocycles. The second-order valence-corrected chi connectivity index (χ2v) is 9.03. The highest BCUT2D eigenvalue weighted by atomic mass is 16.7. The van der Waals surface area contributed by atoms with Crippen molar-refractivity contribution in [3.63, 3.8) is 0 Å². The number of ketones is 2. The molecule has 4 heteroatoms. The van der Waals surface area contributed by atoms with Gasteiger partial charge in [0.1, 0.15) is 0 Å². The Kier molecular flexibility index (Phi) is 3.62. The molecule has 1 aromatic rings. The molecule has 2 unspecified atom stereocenters. The first-order valence-electron chi connectivity index (χ1n) is 9.72. The van der Waals surface area contributed by atoms with Crippen molar-refractivity contribution in [2.45, 2.75) is 33.0 Å². The zero-order chi connectivity index (χ0) is 18.8. The van der Waals surface area contributed by atoms with Crippen molar-refractivity contribution in [1.82, 2.24) is 0 Å². The zero-order valence-electron chi connectivity index (χ0n) is 15.7. The highest BCUT2D eigenvalue weighted by Crippen LogP contribution is 2.55. The lowest BCUT2D eigenvalue weighted by Gasteiger charge is -2.46. The van der Waals surface area contributed by atoms with E-state index in [1.165, 1.54) is 12.5 Å². The van der Waals surface area contributed by atoms with E-state index in [2.05, 4.69) is 12.2 Å². The van der Waals surface area contributed by atoms with E-state index in [9.17, 15) is 9.59 Å². The van der Waals surface area contributed by atoms with Crippen LogP contribution in [0, 0.1) is 22.7 Å². The van der Waals surface area contributed by atoms with Gasteiger partial charge in [-0.2, -0.15) is 0 Å². The summed E-state index contributed by atoms with van der Waals surface area (Å²) in [5.41, 5.74) is 0.799. The summed E-state index contributed by atoms with van der Waals surface area (Å²) >= 11 is 0. The predicted octanol–water partition coefficient (Wildman–Crippen LogP) is 3.97. The molecule has 1 aliphatic heterocycles. The summed E-state index contributed by atoms with van der Waals surface area (Å²) in [7, 11) is 0. The maximum Gasteiger partial charge on any atom is 0.190 e. The van der Waals surface area contributed by atoms with Crippen molar-refractivity contribution in [3.8, 4) is 0 Å². The molecular weight excluding hydrogens is 340 g/mol. The van der Waals surface area contributed by atoms with Gasteiger partial charge in [0.05, 0.1) is 13.2 Å². The van der Waals surface area contributed by atoms with Gasteiger partial charge >= 0.3 is 0 Å². The van der Waals surface area contributed by atoms with Gasteiger partial charge in [-0.1, -0.05) is 50.3 Å². The molecule has 0 aromatic heterocycles. The molecule has 1 aromatic carbocycles. The van der Waals surface area contributed by atoms with E-state index >= 15 is 0 Å². The minimum Gasteiger partial charge on any atom is -0.351 e. The van der Waals surface area contributed by atoms with E-state index in [0.29, 0.717) is 41.7 Å². The molecular formula is C23H24O4. The van der Waals surface area contributed by atoms with Gasteiger partial charge in [-0.15, -0.1) is 0 Å². The van der Waals surface area contributed by atoms with Crippen LogP contribution in [-0.4, -0.2) is 31.1 Å². The predicted molar refractivity (Wildman–Crippen MR) is 100 cm³/mol. The van der Waals surface area contributed by atoms with E-state index in [-0.39, 0.29) is 17.0 Å². The maximum absolute atomic E-state index is 13.1. The Morgan fingerprint density at radius 1 is 1.04 bits per heavy atom. The first-order valence-corrected chi connectivity index (χ1v) is 9.72. The molecule has 4 nitrogen and oxygen atoms in total. The number of carbonyl (C=O) groups is 2. The van der Waals surface area contributed by atoms with Gasteiger partial charge in [0.2, 0.25) is 0 Å². The molecule has 2 atom stereocenters. The van der Waals surface area contributed by atoms with Crippen molar-refractivity contribution >= 4 is 11.6 Å². The van der Waals surface area contributed by atoms with Gasteiger partial charge in [-0.25, -0.2) is 0 Å². The Morgan fingerprint density at radius 3 is 2.37 bits per heavy atom. The molecule has 1 saturated carbocycles. The van der Waals surface area contributed by atoms with E-state index < -0.39 is 11.7 Å². The van der Waals surface area contributed by atoms with Crippen LogP contribution in [0.1, 0.15) is 47.4 Å². The van der Waals surface area contributed by atoms with E-state index in [1.807, 2.05) is 13.8 Å². The fraction of sp³-hybridized carbons (Fsp3) is 0.478. The minimum absolute atomic E-state index is 0.0827. The van der Waals surface area contributed by atoms with Crippen LogP contribution < -0.4 is 0 Å². The normalized spacial score (nSPS) is 34.9. The van der Waals surface area contributed by atoms with E-state index in [4.69, 9.17) is 9.47 Å². The van der Waals surface area contributed by atoms with Crippen molar-refractivity contribution in [1.29, 1.82) is 0 Å². The van der Waals surface area contributed by atoms with Crippen LogP contribution in [0.3, 0.4) is 0 Å².